The van der Waals surface area contributed by atoms with Gasteiger partial charge in [0.05, 0.1) is 23.2 Å². The van der Waals surface area contributed by atoms with Gasteiger partial charge >= 0.3 is 5.97 Å². The molecule has 146 valence electrons. The molecule has 1 aromatic carbocycles. The van der Waals surface area contributed by atoms with Gasteiger partial charge in [0.15, 0.2) is 5.17 Å². The van der Waals surface area contributed by atoms with Gasteiger partial charge in [0.25, 0.3) is 11.6 Å². The van der Waals surface area contributed by atoms with Crippen LogP contribution < -0.4 is 10.2 Å². The molecule has 0 spiro atoms. The van der Waals surface area contributed by atoms with E-state index in [9.17, 15) is 19.7 Å². The van der Waals surface area contributed by atoms with Gasteiger partial charge in [-0.05, 0) is 30.7 Å². The maximum Gasteiger partial charge on any atom is 0.331 e. The summed E-state index contributed by atoms with van der Waals surface area (Å²) in [7, 11) is 1.22. The highest BCUT2D eigenvalue weighted by Crippen LogP contribution is 2.27. The molecule has 1 N–H and O–H groups in total. The van der Waals surface area contributed by atoms with E-state index >= 15 is 0 Å². The number of nitro benzene ring substituents is 1. The summed E-state index contributed by atoms with van der Waals surface area (Å²) in [5.41, 5.74) is 1.38. The molecule has 0 atom stereocenters. The van der Waals surface area contributed by atoms with Gasteiger partial charge in [0.2, 0.25) is 0 Å². The third-order valence-corrected chi connectivity index (χ3v) is 5.02. The second-order valence-electron chi connectivity index (χ2n) is 5.93. The first-order valence-corrected chi connectivity index (χ1v) is 9.23. The zero-order valence-electron chi connectivity index (χ0n) is 15.0. The van der Waals surface area contributed by atoms with Gasteiger partial charge in [0, 0.05) is 42.5 Å². The molecule has 1 amide bonds. The number of esters is 1. The second-order valence-corrected chi connectivity index (χ2v) is 6.96. The maximum atomic E-state index is 11.8. The van der Waals surface area contributed by atoms with Crippen LogP contribution in [0.2, 0.25) is 0 Å². The van der Waals surface area contributed by atoms with Crippen molar-refractivity contribution in [3.63, 3.8) is 0 Å². The fraction of sp³-hybridized carbons (Fsp3) is 0.294. The lowest BCUT2D eigenvalue weighted by atomic mass is 10.1. The van der Waals surface area contributed by atoms with Crippen LogP contribution in [0.25, 0.3) is 0 Å². The Morgan fingerprint density at radius 3 is 2.82 bits per heavy atom. The number of amides is 1. The van der Waals surface area contributed by atoms with Gasteiger partial charge in [-0.25, -0.2) is 4.79 Å². The largest absolute Gasteiger partial charge is 0.466 e. The molecule has 0 radical (unpaired) electrons. The molecule has 0 aliphatic carbocycles. The van der Waals surface area contributed by atoms with E-state index in [0.717, 1.165) is 49.5 Å². The Morgan fingerprint density at radius 2 is 2.14 bits per heavy atom. The van der Waals surface area contributed by atoms with Gasteiger partial charge in [0.1, 0.15) is 0 Å². The molecule has 0 aromatic heterocycles. The molecule has 0 bridgehead atoms. The number of amidine groups is 1. The number of methoxy groups -OCH3 is 1. The number of rotatable bonds is 5. The Hall–Kier alpha value is -3.21. The molecule has 1 aromatic rings. The molecule has 11 heteroatoms. The average Bonchev–Trinajstić information content (AvgIpc) is 3.32. The second kappa shape index (κ2) is 8.65. The van der Waals surface area contributed by atoms with Crippen molar-refractivity contribution in [1.29, 1.82) is 0 Å². The molecular formula is C17H17N5O5S. The van der Waals surface area contributed by atoms with Crippen molar-refractivity contribution in [2.45, 2.75) is 12.8 Å². The number of carbonyl (C=O) groups excluding carboxylic acids is 2. The molecule has 28 heavy (non-hydrogen) atoms. The van der Waals surface area contributed by atoms with Crippen molar-refractivity contribution >= 4 is 46.4 Å². The summed E-state index contributed by atoms with van der Waals surface area (Å²) < 4.78 is 4.49. The minimum atomic E-state index is -0.644. The van der Waals surface area contributed by atoms with E-state index in [1.54, 1.807) is 6.07 Å². The summed E-state index contributed by atoms with van der Waals surface area (Å²) in [6.45, 7) is 1.75. The van der Waals surface area contributed by atoms with Crippen LogP contribution >= 0.6 is 11.8 Å². The topological polar surface area (TPSA) is 126 Å². The Balaban J connectivity index is 1.81. The van der Waals surface area contributed by atoms with E-state index in [4.69, 9.17) is 0 Å². The normalized spacial score (nSPS) is 19.6. The summed E-state index contributed by atoms with van der Waals surface area (Å²) in [6, 6.07) is 4.62. The standard InChI is InChI=1S/C17H17N5O5S/c1-27-15(23)9-14-16(24)19-17(28-14)20-18-10-11-8-12(22(25)26)4-5-13(11)21-6-2-3-7-21/h4-5,8-10H,2-3,6-7H2,1H3,(H,19,20,24)/b14-9+,18-10?. The van der Waals surface area contributed by atoms with Crippen LogP contribution in [0.3, 0.4) is 0 Å². The molecule has 2 fully saturated rings. The number of ether oxygens (including phenoxy) is 1. The molecular weight excluding hydrogens is 386 g/mol. The van der Waals surface area contributed by atoms with E-state index < -0.39 is 16.8 Å². The Bertz CT molecular complexity index is 905. The minimum absolute atomic E-state index is 0.0381. The highest BCUT2D eigenvalue weighted by Gasteiger charge is 2.25. The SMILES string of the molecule is COC(=O)/C=C1/S/C(=N\N=Cc2cc([N+](=O)[O-])ccc2N2CCCC2)NC1=O. The lowest BCUT2D eigenvalue weighted by Crippen LogP contribution is -2.20. The average molecular weight is 403 g/mol. The number of nitrogens with one attached hydrogen (secondary N) is 1. The predicted molar refractivity (Wildman–Crippen MR) is 105 cm³/mol. The summed E-state index contributed by atoms with van der Waals surface area (Å²) in [4.78, 5) is 35.9. The molecule has 0 saturated carbocycles. The van der Waals surface area contributed by atoms with E-state index in [-0.39, 0.29) is 15.8 Å². The number of hydrogen-bond acceptors (Lipinski definition) is 9. The van der Waals surface area contributed by atoms with Gasteiger partial charge in [-0.1, -0.05) is 0 Å². The fourth-order valence-electron chi connectivity index (χ4n) is 2.79. The van der Waals surface area contributed by atoms with Crippen LogP contribution in [0.5, 0.6) is 0 Å². The quantitative estimate of drug-likeness (QED) is 0.261. The molecule has 2 aliphatic rings. The Morgan fingerprint density at radius 1 is 1.39 bits per heavy atom. The van der Waals surface area contributed by atoms with Crippen LogP contribution in [0.4, 0.5) is 11.4 Å². The minimum Gasteiger partial charge on any atom is -0.466 e. The molecule has 2 saturated heterocycles. The molecule has 3 rings (SSSR count). The highest BCUT2D eigenvalue weighted by atomic mass is 32.2. The van der Waals surface area contributed by atoms with E-state index in [0.29, 0.717) is 5.56 Å². The predicted octanol–water partition coefficient (Wildman–Crippen LogP) is 1.80. The van der Waals surface area contributed by atoms with Crippen molar-refractivity contribution in [1.82, 2.24) is 5.32 Å². The number of hydrogen-bond donors (Lipinski definition) is 1. The van der Waals surface area contributed by atoms with Gasteiger partial charge in [-0.2, -0.15) is 5.10 Å². The number of benzene rings is 1. The lowest BCUT2D eigenvalue weighted by molar-refractivity contribution is -0.384. The van der Waals surface area contributed by atoms with Crippen LogP contribution in [-0.4, -0.2) is 48.4 Å². The number of non-ortho nitro benzene ring substituents is 1. The van der Waals surface area contributed by atoms with Crippen molar-refractivity contribution in [2.75, 3.05) is 25.1 Å². The number of nitro groups is 1. The zero-order valence-corrected chi connectivity index (χ0v) is 15.8. The fourth-order valence-corrected chi connectivity index (χ4v) is 3.53. The first kappa shape index (κ1) is 19.5. The summed E-state index contributed by atoms with van der Waals surface area (Å²) in [5.74, 6) is -1.12. The van der Waals surface area contributed by atoms with Crippen molar-refractivity contribution in [2.24, 2.45) is 10.2 Å². The summed E-state index contributed by atoms with van der Waals surface area (Å²) in [5, 5.41) is 21.7. The molecule has 10 nitrogen and oxygen atoms in total. The van der Waals surface area contributed by atoms with E-state index in [1.807, 2.05) is 0 Å². The van der Waals surface area contributed by atoms with Gasteiger partial charge in [-0.3, -0.25) is 20.2 Å². The van der Waals surface area contributed by atoms with Gasteiger partial charge < -0.3 is 9.64 Å². The lowest BCUT2D eigenvalue weighted by Gasteiger charge is -2.19. The number of anilines is 1. The summed E-state index contributed by atoms with van der Waals surface area (Å²) in [6.07, 6.45) is 4.61. The Labute approximate surface area is 164 Å². The van der Waals surface area contributed by atoms with Crippen LogP contribution in [0.15, 0.2) is 39.4 Å². The third kappa shape index (κ3) is 4.55. The number of carbonyl (C=O) groups is 2. The van der Waals surface area contributed by atoms with Crippen LogP contribution in [-0.2, 0) is 14.3 Å². The van der Waals surface area contributed by atoms with Crippen molar-refractivity contribution in [3.05, 3.63) is 44.9 Å². The molecule has 0 unspecified atom stereocenters. The maximum absolute atomic E-state index is 11.8. The van der Waals surface area contributed by atoms with Crippen LogP contribution in [0.1, 0.15) is 18.4 Å². The number of nitrogens with zero attached hydrogens (tertiary/aromatic N) is 4. The van der Waals surface area contributed by atoms with Crippen molar-refractivity contribution < 1.29 is 19.2 Å². The third-order valence-electron chi connectivity index (χ3n) is 4.12. The zero-order chi connectivity index (χ0) is 20.1. The smallest absolute Gasteiger partial charge is 0.331 e. The molecule has 2 aliphatic heterocycles. The first-order valence-electron chi connectivity index (χ1n) is 8.41. The first-order chi connectivity index (χ1) is 13.5. The Kier molecular flexibility index (Phi) is 6.04. The molecule has 2 heterocycles. The highest BCUT2D eigenvalue weighted by molar-refractivity contribution is 8.18. The van der Waals surface area contributed by atoms with E-state index in [2.05, 4.69) is 25.2 Å². The van der Waals surface area contributed by atoms with Crippen LogP contribution in [0, 0.1) is 10.1 Å². The number of thioether (sulfide) groups is 1. The monoisotopic (exact) mass is 403 g/mol. The summed E-state index contributed by atoms with van der Waals surface area (Å²) >= 11 is 0.952. The van der Waals surface area contributed by atoms with E-state index in [1.165, 1.54) is 25.5 Å². The van der Waals surface area contributed by atoms with Gasteiger partial charge in [-0.15, -0.1) is 5.10 Å². The van der Waals surface area contributed by atoms with Crippen molar-refractivity contribution in [3.8, 4) is 0 Å².